The van der Waals surface area contributed by atoms with E-state index in [0.29, 0.717) is 29.5 Å². The van der Waals surface area contributed by atoms with E-state index >= 15 is 0 Å². The molecule has 0 spiro atoms. The number of hydrogen-bond acceptors (Lipinski definition) is 3. The quantitative estimate of drug-likeness (QED) is 0.785. The van der Waals surface area contributed by atoms with E-state index in [1.54, 1.807) is 18.2 Å². The Morgan fingerprint density at radius 1 is 1.56 bits per heavy atom. The van der Waals surface area contributed by atoms with E-state index in [0.717, 1.165) is 0 Å². The Kier molecular flexibility index (Phi) is 3.75. The molecule has 2 rings (SSSR count). The van der Waals surface area contributed by atoms with Crippen LogP contribution >= 0.6 is 0 Å². The molecule has 0 aromatic heterocycles. The molecule has 1 saturated carbocycles. The number of benzene rings is 1. The van der Waals surface area contributed by atoms with Crippen LogP contribution in [0.4, 0.5) is 5.69 Å². The van der Waals surface area contributed by atoms with Crippen LogP contribution in [0.25, 0.3) is 0 Å². The van der Waals surface area contributed by atoms with Crippen molar-refractivity contribution in [1.82, 2.24) is 5.32 Å². The molecule has 0 bridgehead atoms. The molecule has 1 aliphatic carbocycles. The number of para-hydroxylation sites is 1. The minimum Gasteiger partial charge on any atom is -0.491 e. The average Bonchev–Trinajstić information content (AvgIpc) is 3.15. The van der Waals surface area contributed by atoms with E-state index in [1.807, 2.05) is 13.8 Å². The first kappa shape index (κ1) is 12.7. The molecule has 1 aliphatic rings. The molecular formula is C14H20N2O2. The van der Waals surface area contributed by atoms with Gasteiger partial charge in [-0.25, -0.2) is 0 Å². The SMILES string of the molecule is CCOc1c(N)cccc1C(=O)NC(C)C1CC1. The fraction of sp³-hybridized carbons (Fsp3) is 0.500. The van der Waals surface area contributed by atoms with Gasteiger partial charge in [-0.2, -0.15) is 0 Å². The maximum atomic E-state index is 12.2. The van der Waals surface area contributed by atoms with Crippen molar-refractivity contribution in [2.24, 2.45) is 5.92 Å². The van der Waals surface area contributed by atoms with Crippen LogP contribution in [0, 0.1) is 5.92 Å². The second-order valence-corrected chi connectivity index (χ2v) is 4.76. The highest BCUT2D eigenvalue weighted by molar-refractivity contribution is 5.98. The van der Waals surface area contributed by atoms with Crippen molar-refractivity contribution in [2.45, 2.75) is 32.7 Å². The highest BCUT2D eigenvalue weighted by atomic mass is 16.5. The topological polar surface area (TPSA) is 64.3 Å². The Morgan fingerprint density at radius 2 is 2.28 bits per heavy atom. The van der Waals surface area contributed by atoms with Crippen LogP contribution in [0.5, 0.6) is 5.75 Å². The Balaban J connectivity index is 2.15. The number of carbonyl (C=O) groups excluding carboxylic acids is 1. The third-order valence-corrected chi connectivity index (χ3v) is 3.27. The van der Waals surface area contributed by atoms with Gasteiger partial charge in [0.25, 0.3) is 5.91 Å². The molecule has 0 heterocycles. The number of hydrogen-bond donors (Lipinski definition) is 2. The number of nitrogens with one attached hydrogen (secondary N) is 1. The van der Waals surface area contributed by atoms with Crippen LogP contribution in [-0.4, -0.2) is 18.6 Å². The molecule has 1 fully saturated rings. The third-order valence-electron chi connectivity index (χ3n) is 3.27. The van der Waals surface area contributed by atoms with Crippen molar-refractivity contribution in [3.8, 4) is 5.75 Å². The van der Waals surface area contributed by atoms with Crippen molar-refractivity contribution in [3.05, 3.63) is 23.8 Å². The molecular weight excluding hydrogens is 228 g/mol. The van der Waals surface area contributed by atoms with Gasteiger partial charge in [0.15, 0.2) is 5.75 Å². The lowest BCUT2D eigenvalue weighted by molar-refractivity contribution is 0.0932. The molecule has 4 heteroatoms. The smallest absolute Gasteiger partial charge is 0.255 e. The van der Waals surface area contributed by atoms with E-state index in [4.69, 9.17) is 10.5 Å². The summed E-state index contributed by atoms with van der Waals surface area (Å²) < 4.78 is 5.46. The second-order valence-electron chi connectivity index (χ2n) is 4.76. The largest absolute Gasteiger partial charge is 0.491 e. The molecule has 0 saturated heterocycles. The minimum absolute atomic E-state index is 0.106. The number of nitrogens with two attached hydrogens (primary N) is 1. The van der Waals surface area contributed by atoms with Crippen LogP contribution in [0.15, 0.2) is 18.2 Å². The first-order valence-corrected chi connectivity index (χ1v) is 6.45. The summed E-state index contributed by atoms with van der Waals surface area (Å²) in [5.74, 6) is 1.01. The molecule has 1 atom stereocenters. The molecule has 0 aliphatic heterocycles. The van der Waals surface area contributed by atoms with Crippen molar-refractivity contribution in [2.75, 3.05) is 12.3 Å². The molecule has 18 heavy (non-hydrogen) atoms. The second kappa shape index (κ2) is 5.29. The molecule has 1 unspecified atom stereocenters. The minimum atomic E-state index is -0.106. The van der Waals surface area contributed by atoms with Gasteiger partial charge in [-0.15, -0.1) is 0 Å². The number of rotatable bonds is 5. The molecule has 0 radical (unpaired) electrons. The Labute approximate surface area is 108 Å². The van der Waals surface area contributed by atoms with Gasteiger partial charge >= 0.3 is 0 Å². The van der Waals surface area contributed by atoms with Gasteiger partial charge in [0.05, 0.1) is 17.9 Å². The first-order valence-electron chi connectivity index (χ1n) is 6.45. The van der Waals surface area contributed by atoms with Gasteiger partial charge in [-0.05, 0) is 44.7 Å². The Hall–Kier alpha value is -1.71. The molecule has 98 valence electrons. The van der Waals surface area contributed by atoms with Gasteiger partial charge in [-0.1, -0.05) is 6.07 Å². The van der Waals surface area contributed by atoms with E-state index in [-0.39, 0.29) is 11.9 Å². The van der Waals surface area contributed by atoms with Crippen LogP contribution in [-0.2, 0) is 0 Å². The zero-order chi connectivity index (χ0) is 13.1. The summed E-state index contributed by atoms with van der Waals surface area (Å²) in [6.45, 7) is 4.41. The predicted molar refractivity (Wildman–Crippen MR) is 71.7 cm³/mol. The zero-order valence-corrected chi connectivity index (χ0v) is 10.9. The fourth-order valence-corrected chi connectivity index (χ4v) is 2.04. The average molecular weight is 248 g/mol. The summed E-state index contributed by atoms with van der Waals surface area (Å²) in [6, 6.07) is 5.48. The normalized spacial score (nSPS) is 16.1. The zero-order valence-electron chi connectivity index (χ0n) is 10.9. The summed E-state index contributed by atoms with van der Waals surface area (Å²) in [7, 11) is 0. The molecule has 1 amide bonds. The molecule has 3 N–H and O–H groups in total. The summed E-state index contributed by atoms with van der Waals surface area (Å²) in [5.41, 5.74) is 6.86. The van der Waals surface area contributed by atoms with Crippen LogP contribution in [0.1, 0.15) is 37.0 Å². The van der Waals surface area contributed by atoms with E-state index < -0.39 is 0 Å². The third kappa shape index (κ3) is 2.75. The number of amides is 1. The maximum absolute atomic E-state index is 12.2. The van der Waals surface area contributed by atoms with Crippen molar-refractivity contribution < 1.29 is 9.53 Å². The molecule has 1 aromatic carbocycles. The van der Waals surface area contributed by atoms with Gasteiger partial charge in [0, 0.05) is 6.04 Å². The summed E-state index contributed by atoms with van der Waals surface area (Å²) in [4.78, 5) is 12.2. The van der Waals surface area contributed by atoms with Gasteiger partial charge in [0.1, 0.15) is 0 Å². The Bertz CT molecular complexity index is 441. The van der Waals surface area contributed by atoms with Crippen LogP contribution < -0.4 is 15.8 Å². The molecule has 4 nitrogen and oxygen atoms in total. The fourth-order valence-electron chi connectivity index (χ4n) is 2.04. The number of ether oxygens (including phenoxy) is 1. The van der Waals surface area contributed by atoms with Gasteiger partial charge in [-0.3, -0.25) is 4.79 Å². The van der Waals surface area contributed by atoms with E-state index in [9.17, 15) is 4.79 Å². The van der Waals surface area contributed by atoms with Gasteiger partial charge < -0.3 is 15.8 Å². The summed E-state index contributed by atoms with van der Waals surface area (Å²) in [5, 5.41) is 3.01. The maximum Gasteiger partial charge on any atom is 0.255 e. The highest BCUT2D eigenvalue weighted by Gasteiger charge is 2.29. The number of nitrogen functional groups attached to an aromatic ring is 1. The lowest BCUT2D eigenvalue weighted by Gasteiger charge is -2.16. The van der Waals surface area contributed by atoms with Crippen molar-refractivity contribution >= 4 is 11.6 Å². The van der Waals surface area contributed by atoms with Crippen LogP contribution in [0.2, 0.25) is 0 Å². The highest BCUT2D eigenvalue weighted by Crippen LogP contribution is 2.33. The van der Waals surface area contributed by atoms with Crippen molar-refractivity contribution in [1.29, 1.82) is 0 Å². The van der Waals surface area contributed by atoms with Crippen LogP contribution in [0.3, 0.4) is 0 Å². The van der Waals surface area contributed by atoms with Gasteiger partial charge in [0.2, 0.25) is 0 Å². The lowest BCUT2D eigenvalue weighted by Crippen LogP contribution is -2.34. The van der Waals surface area contributed by atoms with E-state index in [1.165, 1.54) is 12.8 Å². The monoisotopic (exact) mass is 248 g/mol. The first-order chi connectivity index (χ1) is 8.63. The lowest BCUT2D eigenvalue weighted by atomic mass is 10.1. The summed E-state index contributed by atoms with van der Waals surface area (Å²) >= 11 is 0. The number of carbonyl (C=O) groups is 1. The standard InChI is InChI=1S/C14H20N2O2/c1-3-18-13-11(5-4-6-12(13)15)14(17)16-9(2)10-7-8-10/h4-6,9-10H,3,7-8,15H2,1-2H3,(H,16,17). The van der Waals surface area contributed by atoms with E-state index in [2.05, 4.69) is 5.32 Å². The van der Waals surface area contributed by atoms with Crippen molar-refractivity contribution in [3.63, 3.8) is 0 Å². The predicted octanol–water partition coefficient (Wildman–Crippen LogP) is 2.20. The molecule has 1 aromatic rings. The number of anilines is 1. The Morgan fingerprint density at radius 3 is 2.89 bits per heavy atom. The summed E-state index contributed by atoms with van der Waals surface area (Å²) in [6.07, 6.45) is 2.41.